The molecule has 3 heterocycles. The number of fused-ring (bicyclic) bond motifs is 11. The fourth-order valence-corrected chi connectivity index (χ4v) is 10.2. The molecule has 0 unspecified atom stereocenters. The summed E-state index contributed by atoms with van der Waals surface area (Å²) in [4.78, 5) is 16.1. The zero-order valence-corrected chi connectivity index (χ0v) is 34.2. The average molecular weight is 774 g/mol. The Kier molecular flexibility index (Phi) is 7.38. The molecule has 11 aromatic rings. The number of hydrogen-bond donors (Lipinski definition) is 0. The Labute approximate surface area is 348 Å². The predicted molar refractivity (Wildman–Crippen MR) is 250 cm³/mol. The summed E-state index contributed by atoms with van der Waals surface area (Å²) in [6.07, 6.45) is 2.25. The highest BCUT2D eigenvalue weighted by atomic mass is 15.2. The van der Waals surface area contributed by atoms with E-state index in [-0.39, 0.29) is 10.8 Å². The Balaban J connectivity index is 1.29. The van der Waals surface area contributed by atoms with Gasteiger partial charge in [0.1, 0.15) is 0 Å². The summed E-state index contributed by atoms with van der Waals surface area (Å²) in [5, 5.41) is 9.66. The van der Waals surface area contributed by atoms with Crippen LogP contribution in [0.1, 0.15) is 51.7 Å². The molecule has 288 valence electrons. The highest BCUT2D eigenvalue weighted by molar-refractivity contribution is 6.33. The molecule has 0 bridgehead atoms. The van der Waals surface area contributed by atoms with Crippen molar-refractivity contribution in [2.24, 2.45) is 0 Å². The quantitative estimate of drug-likeness (QED) is 0.179. The molecule has 8 aromatic carbocycles. The molecule has 5 nitrogen and oxygen atoms in total. The van der Waals surface area contributed by atoms with Gasteiger partial charge in [-0.2, -0.15) is 9.97 Å². The summed E-state index contributed by atoms with van der Waals surface area (Å²) >= 11 is 0. The van der Waals surface area contributed by atoms with E-state index in [1.807, 2.05) is 6.07 Å². The van der Waals surface area contributed by atoms with Crippen LogP contribution in [0.3, 0.4) is 0 Å². The van der Waals surface area contributed by atoms with Gasteiger partial charge in [0.2, 0.25) is 5.95 Å². The van der Waals surface area contributed by atoms with Gasteiger partial charge < -0.3 is 4.57 Å². The molecule has 1 aliphatic carbocycles. The van der Waals surface area contributed by atoms with Gasteiger partial charge in [0, 0.05) is 38.4 Å². The van der Waals surface area contributed by atoms with Gasteiger partial charge in [-0.25, -0.2) is 4.98 Å². The van der Waals surface area contributed by atoms with Crippen molar-refractivity contribution < 1.29 is 0 Å². The van der Waals surface area contributed by atoms with Gasteiger partial charge in [0.25, 0.3) is 0 Å². The van der Waals surface area contributed by atoms with Crippen LogP contribution in [0.15, 0.2) is 164 Å². The highest BCUT2D eigenvalue weighted by Crippen LogP contribution is 2.50. The van der Waals surface area contributed by atoms with Crippen LogP contribution in [0.4, 0.5) is 0 Å². The van der Waals surface area contributed by atoms with E-state index in [1.165, 1.54) is 54.5 Å². The first kappa shape index (κ1) is 34.9. The molecule has 12 rings (SSSR count). The predicted octanol–water partition coefficient (Wildman–Crippen LogP) is 14.1. The molecule has 0 fully saturated rings. The van der Waals surface area contributed by atoms with E-state index in [2.05, 4.69) is 195 Å². The van der Waals surface area contributed by atoms with Gasteiger partial charge >= 0.3 is 0 Å². The number of hydrogen-bond acceptors (Lipinski definition) is 3. The molecular formula is C55H43N5. The number of aromatic nitrogens is 5. The molecule has 0 saturated heterocycles. The largest absolute Gasteiger partial charge is 0.309 e. The minimum Gasteiger partial charge on any atom is -0.309 e. The average Bonchev–Trinajstić information content (AvgIpc) is 3.80. The standard InChI is InChI=1S/C55H43N5/c1-54(2)30-31-55(3,4)43-33-47-41(32-42(43)54)49-45(28-29-46-50(49)48-39-24-14-12-17-35(39)26-27-44(48)59(46)37-21-9-6-10-22-37)60(47)53-57-51(36-18-7-5-8-19-36)56-52(58-53)40-25-15-20-34-16-11-13-23-38(34)40/h5-29,32-33H,30-31H2,1-4H3. The summed E-state index contributed by atoms with van der Waals surface area (Å²) < 4.78 is 4.78. The summed E-state index contributed by atoms with van der Waals surface area (Å²) in [6.45, 7) is 9.66. The lowest BCUT2D eigenvalue weighted by atomic mass is 9.63. The van der Waals surface area contributed by atoms with Gasteiger partial charge in [-0.1, -0.05) is 149 Å². The maximum Gasteiger partial charge on any atom is 0.238 e. The van der Waals surface area contributed by atoms with Crippen molar-refractivity contribution in [2.75, 3.05) is 0 Å². The smallest absolute Gasteiger partial charge is 0.238 e. The molecule has 0 atom stereocenters. The minimum absolute atomic E-state index is 0.00238. The molecule has 0 aliphatic heterocycles. The number of nitrogens with zero attached hydrogens (tertiary/aromatic N) is 5. The Morgan fingerprint density at radius 1 is 0.417 bits per heavy atom. The van der Waals surface area contributed by atoms with Gasteiger partial charge in [-0.15, -0.1) is 0 Å². The van der Waals surface area contributed by atoms with E-state index in [1.54, 1.807) is 0 Å². The second kappa shape index (κ2) is 12.7. The first-order valence-electron chi connectivity index (χ1n) is 21.1. The van der Waals surface area contributed by atoms with E-state index in [0.717, 1.165) is 51.5 Å². The minimum atomic E-state index is -0.00238. The van der Waals surface area contributed by atoms with Crippen LogP contribution in [0.2, 0.25) is 0 Å². The lowest BCUT2D eigenvalue weighted by Crippen LogP contribution is -2.33. The molecule has 0 radical (unpaired) electrons. The second-order valence-electron chi connectivity index (χ2n) is 17.9. The number of rotatable bonds is 4. The number of benzene rings is 8. The topological polar surface area (TPSA) is 48.5 Å². The van der Waals surface area contributed by atoms with Crippen molar-refractivity contribution in [3.05, 3.63) is 175 Å². The van der Waals surface area contributed by atoms with Crippen LogP contribution in [0.5, 0.6) is 0 Å². The zero-order valence-electron chi connectivity index (χ0n) is 34.2. The van der Waals surface area contributed by atoms with Crippen LogP contribution in [-0.2, 0) is 10.8 Å². The third-order valence-corrected chi connectivity index (χ3v) is 13.4. The Hall–Kier alpha value is -7.11. The zero-order chi connectivity index (χ0) is 40.3. The van der Waals surface area contributed by atoms with Crippen molar-refractivity contribution in [1.82, 2.24) is 24.1 Å². The molecule has 0 N–H and O–H groups in total. The Morgan fingerprint density at radius 3 is 1.72 bits per heavy atom. The SMILES string of the molecule is CC1(C)CCC(C)(C)c2cc3c(cc21)c1c2c4c5ccccc5ccc4n(-c4ccccc4)c2ccc1n3-c1nc(-c2ccccc2)nc(-c2cccc3ccccc23)n1. The van der Waals surface area contributed by atoms with Crippen LogP contribution < -0.4 is 0 Å². The molecule has 0 saturated carbocycles. The van der Waals surface area contributed by atoms with Crippen molar-refractivity contribution in [2.45, 2.75) is 51.4 Å². The lowest BCUT2D eigenvalue weighted by Gasteiger charge is -2.42. The monoisotopic (exact) mass is 773 g/mol. The summed E-state index contributed by atoms with van der Waals surface area (Å²) in [5.74, 6) is 1.90. The van der Waals surface area contributed by atoms with Crippen molar-refractivity contribution >= 4 is 65.2 Å². The molecule has 3 aromatic heterocycles. The van der Waals surface area contributed by atoms with Crippen LogP contribution in [0.25, 0.3) is 99.6 Å². The van der Waals surface area contributed by atoms with Gasteiger partial charge in [-0.3, -0.25) is 4.57 Å². The van der Waals surface area contributed by atoms with Crippen molar-refractivity contribution in [1.29, 1.82) is 0 Å². The lowest BCUT2D eigenvalue weighted by molar-refractivity contribution is 0.332. The molecule has 60 heavy (non-hydrogen) atoms. The number of para-hydroxylation sites is 1. The Morgan fingerprint density at radius 2 is 0.967 bits per heavy atom. The van der Waals surface area contributed by atoms with E-state index in [4.69, 9.17) is 15.0 Å². The first-order valence-corrected chi connectivity index (χ1v) is 21.1. The molecular weight excluding hydrogens is 731 g/mol. The highest BCUT2D eigenvalue weighted by Gasteiger charge is 2.38. The maximum atomic E-state index is 5.48. The first-order chi connectivity index (χ1) is 29.2. The van der Waals surface area contributed by atoms with Crippen molar-refractivity contribution in [3.8, 4) is 34.4 Å². The molecule has 0 spiro atoms. The Bertz CT molecular complexity index is 3530. The van der Waals surface area contributed by atoms with E-state index >= 15 is 0 Å². The van der Waals surface area contributed by atoms with Crippen LogP contribution in [0, 0.1) is 0 Å². The van der Waals surface area contributed by atoms with E-state index in [0.29, 0.717) is 17.6 Å². The van der Waals surface area contributed by atoms with Crippen LogP contribution in [-0.4, -0.2) is 24.1 Å². The van der Waals surface area contributed by atoms with Crippen LogP contribution >= 0.6 is 0 Å². The fraction of sp³-hybridized carbons (Fsp3) is 0.145. The molecule has 0 amide bonds. The van der Waals surface area contributed by atoms with E-state index < -0.39 is 0 Å². The normalized spacial score (nSPS) is 14.8. The second-order valence-corrected chi connectivity index (χ2v) is 17.9. The fourth-order valence-electron chi connectivity index (χ4n) is 10.2. The summed E-state index contributed by atoms with van der Waals surface area (Å²) in [6, 6.07) is 59.0. The van der Waals surface area contributed by atoms with Crippen molar-refractivity contribution in [3.63, 3.8) is 0 Å². The van der Waals surface area contributed by atoms with E-state index in [9.17, 15) is 0 Å². The maximum absolute atomic E-state index is 5.48. The third-order valence-electron chi connectivity index (χ3n) is 13.4. The van der Waals surface area contributed by atoms with Gasteiger partial charge in [0.15, 0.2) is 11.6 Å². The summed E-state index contributed by atoms with van der Waals surface area (Å²) in [7, 11) is 0. The summed E-state index contributed by atoms with van der Waals surface area (Å²) in [5.41, 5.74) is 10.5. The van der Waals surface area contributed by atoms with Gasteiger partial charge in [0.05, 0.1) is 22.1 Å². The molecule has 1 aliphatic rings. The molecule has 5 heteroatoms. The van der Waals surface area contributed by atoms with Gasteiger partial charge in [-0.05, 0) is 98.8 Å². The third kappa shape index (κ3) is 5.08.